The average molecular weight is 495 g/mol. The summed E-state index contributed by atoms with van der Waals surface area (Å²) in [5.41, 5.74) is 5.09. The standard InChI is InChI=1S/C33H34O4/c1-23-22-27(33(4,5)26-12-17-28(35-6)18-13-26)16-21-30(23)37-31(34)36-29-19-14-25(15-20-29)32(2,3)24-10-8-7-9-11-24/h7-22H,1-6H3. The molecule has 0 amide bonds. The summed E-state index contributed by atoms with van der Waals surface area (Å²) in [6.45, 7) is 10.6. The fourth-order valence-electron chi connectivity index (χ4n) is 4.49. The highest BCUT2D eigenvalue weighted by Gasteiger charge is 2.25. The molecular formula is C33H34O4. The number of ether oxygens (including phenoxy) is 3. The van der Waals surface area contributed by atoms with Crippen LogP contribution in [-0.2, 0) is 10.8 Å². The second kappa shape index (κ2) is 10.5. The molecule has 0 aliphatic heterocycles. The Kier molecular flexibility index (Phi) is 7.40. The van der Waals surface area contributed by atoms with Crippen LogP contribution in [0.25, 0.3) is 0 Å². The van der Waals surface area contributed by atoms with Crippen LogP contribution < -0.4 is 14.2 Å². The Morgan fingerprint density at radius 3 is 1.62 bits per heavy atom. The maximum atomic E-state index is 12.5. The van der Waals surface area contributed by atoms with Crippen LogP contribution >= 0.6 is 0 Å². The smallest absolute Gasteiger partial charge is 0.497 e. The first-order valence-electron chi connectivity index (χ1n) is 12.4. The van der Waals surface area contributed by atoms with Crippen LogP contribution in [0.1, 0.15) is 55.5 Å². The highest BCUT2D eigenvalue weighted by Crippen LogP contribution is 2.35. The molecule has 4 aromatic carbocycles. The van der Waals surface area contributed by atoms with Crippen molar-refractivity contribution in [2.75, 3.05) is 7.11 Å². The number of hydrogen-bond acceptors (Lipinski definition) is 4. The van der Waals surface area contributed by atoms with Gasteiger partial charge in [0.1, 0.15) is 17.2 Å². The van der Waals surface area contributed by atoms with Crippen LogP contribution in [0.4, 0.5) is 4.79 Å². The van der Waals surface area contributed by atoms with Crippen LogP contribution in [0, 0.1) is 6.92 Å². The number of rotatable bonds is 7. The third kappa shape index (κ3) is 5.69. The van der Waals surface area contributed by atoms with Crippen molar-refractivity contribution < 1.29 is 19.0 Å². The lowest BCUT2D eigenvalue weighted by Gasteiger charge is -2.27. The van der Waals surface area contributed by atoms with Crippen molar-refractivity contribution in [2.24, 2.45) is 0 Å². The molecule has 0 heterocycles. The average Bonchev–Trinajstić information content (AvgIpc) is 2.90. The van der Waals surface area contributed by atoms with Gasteiger partial charge in [-0.2, -0.15) is 0 Å². The van der Waals surface area contributed by atoms with E-state index in [1.807, 2.05) is 67.6 Å². The van der Waals surface area contributed by atoms with Gasteiger partial charge in [-0.15, -0.1) is 0 Å². The van der Waals surface area contributed by atoms with Crippen LogP contribution in [0.5, 0.6) is 17.2 Å². The molecule has 0 unspecified atom stereocenters. The Labute approximate surface area is 219 Å². The number of benzene rings is 4. The monoisotopic (exact) mass is 494 g/mol. The topological polar surface area (TPSA) is 44.8 Å². The Morgan fingerprint density at radius 2 is 1.08 bits per heavy atom. The predicted molar refractivity (Wildman–Crippen MR) is 148 cm³/mol. The lowest BCUT2D eigenvalue weighted by molar-refractivity contribution is 0.151. The minimum atomic E-state index is -0.764. The van der Waals surface area contributed by atoms with Gasteiger partial charge in [0, 0.05) is 10.8 Å². The van der Waals surface area contributed by atoms with E-state index in [2.05, 4.69) is 52.0 Å². The second-order valence-electron chi connectivity index (χ2n) is 10.3. The third-order valence-electron chi connectivity index (χ3n) is 7.17. The molecule has 0 N–H and O–H groups in total. The highest BCUT2D eigenvalue weighted by molar-refractivity contribution is 5.68. The summed E-state index contributed by atoms with van der Waals surface area (Å²) in [6.07, 6.45) is -0.764. The molecule has 37 heavy (non-hydrogen) atoms. The maximum Gasteiger partial charge on any atom is 0.519 e. The van der Waals surface area contributed by atoms with Crippen molar-refractivity contribution in [3.8, 4) is 17.2 Å². The first-order chi connectivity index (χ1) is 17.6. The Bertz CT molecular complexity index is 1350. The number of aryl methyl sites for hydroxylation is 1. The van der Waals surface area contributed by atoms with Crippen molar-refractivity contribution in [3.05, 3.63) is 125 Å². The number of carbonyl (C=O) groups is 1. The van der Waals surface area contributed by atoms with E-state index in [0.717, 1.165) is 22.4 Å². The van der Waals surface area contributed by atoms with Gasteiger partial charge in [-0.05, 0) is 65.1 Å². The van der Waals surface area contributed by atoms with E-state index in [4.69, 9.17) is 14.2 Å². The summed E-state index contributed by atoms with van der Waals surface area (Å²) < 4.78 is 16.3. The summed E-state index contributed by atoms with van der Waals surface area (Å²) >= 11 is 0. The number of carbonyl (C=O) groups excluding carboxylic acids is 1. The Morgan fingerprint density at radius 1 is 0.595 bits per heavy atom. The zero-order valence-electron chi connectivity index (χ0n) is 22.4. The normalized spacial score (nSPS) is 11.6. The minimum absolute atomic E-state index is 0.168. The third-order valence-corrected chi connectivity index (χ3v) is 7.17. The SMILES string of the molecule is COc1ccc(C(C)(C)c2ccc(OC(=O)Oc3ccc(C(C)(C)c4ccccc4)cc3)c(C)c2)cc1. The minimum Gasteiger partial charge on any atom is -0.497 e. The summed E-state index contributed by atoms with van der Waals surface area (Å²) in [7, 11) is 1.66. The molecule has 0 atom stereocenters. The zero-order chi connectivity index (χ0) is 26.6. The summed E-state index contributed by atoms with van der Waals surface area (Å²) in [6, 6.07) is 31.8. The fourth-order valence-corrected chi connectivity index (χ4v) is 4.49. The molecule has 0 radical (unpaired) electrons. The highest BCUT2D eigenvalue weighted by atomic mass is 16.7. The van der Waals surface area contributed by atoms with Gasteiger partial charge in [0.2, 0.25) is 0 Å². The molecule has 190 valence electrons. The van der Waals surface area contributed by atoms with Gasteiger partial charge in [0.15, 0.2) is 0 Å². The van der Waals surface area contributed by atoms with Crippen LogP contribution in [0.2, 0.25) is 0 Å². The Balaban J connectivity index is 1.43. The lowest BCUT2D eigenvalue weighted by Crippen LogP contribution is -2.20. The van der Waals surface area contributed by atoms with Crippen LogP contribution in [0.15, 0.2) is 97.1 Å². The molecular weight excluding hydrogens is 460 g/mol. The first-order valence-corrected chi connectivity index (χ1v) is 12.4. The Hall–Kier alpha value is -4.05. The van der Waals surface area contributed by atoms with E-state index < -0.39 is 6.16 Å². The van der Waals surface area contributed by atoms with Gasteiger partial charge in [0.05, 0.1) is 7.11 Å². The molecule has 4 nitrogen and oxygen atoms in total. The van der Waals surface area contributed by atoms with Crippen molar-refractivity contribution in [1.29, 1.82) is 0 Å². The molecule has 0 aliphatic rings. The summed E-state index contributed by atoms with van der Waals surface area (Å²) in [5, 5.41) is 0. The van der Waals surface area contributed by atoms with E-state index >= 15 is 0 Å². The van der Waals surface area contributed by atoms with E-state index in [-0.39, 0.29) is 10.8 Å². The van der Waals surface area contributed by atoms with E-state index in [9.17, 15) is 4.79 Å². The van der Waals surface area contributed by atoms with E-state index in [1.165, 1.54) is 11.1 Å². The predicted octanol–water partition coefficient (Wildman–Crippen LogP) is 8.23. The van der Waals surface area contributed by atoms with Crippen molar-refractivity contribution in [3.63, 3.8) is 0 Å². The molecule has 0 aromatic heterocycles. The largest absolute Gasteiger partial charge is 0.519 e. The molecule has 0 fully saturated rings. The maximum absolute atomic E-state index is 12.5. The second-order valence-corrected chi connectivity index (χ2v) is 10.3. The summed E-state index contributed by atoms with van der Waals surface area (Å²) in [4.78, 5) is 12.5. The van der Waals surface area contributed by atoms with Gasteiger partial charge in [-0.25, -0.2) is 4.79 Å². The lowest BCUT2D eigenvalue weighted by atomic mass is 9.77. The molecule has 0 aliphatic carbocycles. The van der Waals surface area contributed by atoms with Crippen molar-refractivity contribution >= 4 is 6.16 Å². The molecule has 0 bridgehead atoms. The van der Waals surface area contributed by atoms with Gasteiger partial charge in [-0.1, -0.05) is 94.4 Å². The van der Waals surface area contributed by atoms with Crippen molar-refractivity contribution in [1.82, 2.24) is 0 Å². The van der Waals surface area contributed by atoms with Gasteiger partial charge in [0.25, 0.3) is 0 Å². The van der Waals surface area contributed by atoms with Gasteiger partial charge >= 0.3 is 6.16 Å². The van der Waals surface area contributed by atoms with E-state index in [1.54, 1.807) is 19.2 Å². The zero-order valence-corrected chi connectivity index (χ0v) is 22.4. The van der Waals surface area contributed by atoms with Crippen LogP contribution in [0.3, 0.4) is 0 Å². The quantitative estimate of drug-likeness (QED) is 0.192. The van der Waals surface area contributed by atoms with Gasteiger partial charge < -0.3 is 14.2 Å². The van der Waals surface area contributed by atoms with Gasteiger partial charge in [-0.3, -0.25) is 0 Å². The molecule has 4 aromatic rings. The number of hydrogen-bond donors (Lipinski definition) is 0. The molecule has 4 rings (SSSR count). The number of methoxy groups -OCH3 is 1. The molecule has 4 heteroatoms. The first kappa shape index (κ1) is 26.0. The molecule has 0 saturated heterocycles. The van der Waals surface area contributed by atoms with Crippen molar-refractivity contribution in [2.45, 2.75) is 45.4 Å². The summed E-state index contributed by atoms with van der Waals surface area (Å²) in [5.74, 6) is 1.74. The molecule has 0 saturated carbocycles. The fraction of sp³-hybridized carbons (Fsp3) is 0.242. The van der Waals surface area contributed by atoms with E-state index in [0.29, 0.717) is 11.5 Å². The van der Waals surface area contributed by atoms with Crippen LogP contribution in [-0.4, -0.2) is 13.3 Å². The molecule has 0 spiro atoms.